The van der Waals surface area contributed by atoms with Crippen LogP contribution in [-0.4, -0.2) is 69.1 Å². The zero-order chi connectivity index (χ0) is 20.8. The van der Waals surface area contributed by atoms with Crippen molar-refractivity contribution in [3.63, 3.8) is 0 Å². The first-order valence-corrected chi connectivity index (χ1v) is 10.4. The molecule has 7 nitrogen and oxygen atoms in total. The third-order valence-corrected chi connectivity index (χ3v) is 6.07. The highest BCUT2D eigenvalue weighted by Crippen LogP contribution is 2.38. The molecule has 0 radical (unpaired) electrons. The van der Waals surface area contributed by atoms with E-state index in [1.54, 1.807) is 17.0 Å². The summed E-state index contributed by atoms with van der Waals surface area (Å²) in [6, 6.07) is 3.34. The van der Waals surface area contributed by atoms with Crippen molar-refractivity contribution in [2.45, 2.75) is 38.5 Å². The molecule has 0 spiro atoms. The van der Waals surface area contributed by atoms with Crippen molar-refractivity contribution in [2.75, 3.05) is 47.5 Å². The highest BCUT2D eigenvalue weighted by Gasteiger charge is 2.27. The average molecular weight is 405 g/mol. The van der Waals surface area contributed by atoms with Crippen LogP contribution in [0.3, 0.4) is 0 Å². The van der Waals surface area contributed by atoms with Crippen molar-refractivity contribution in [3.8, 4) is 17.2 Å². The number of rotatable bonds is 7. The maximum Gasteiger partial charge on any atom is 0.254 e. The number of ether oxygens (including phenoxy) is 3. The van der Waals surface area contributed by atoms with Crippen LogP contribution < -0.4 is 14.2 Å². The molecular weight excluding hydrogens is 372 g/mol. The highest BCUT2D eigenvalue weighted by molar-refractivity contribution is 5.96. The van der Waals surface area contributed by atoms with Crippen LogP contribution in [-0.2, 0) is 4.79 Å². The van der Waals surface area contributed by atoms with Crippen molar-refractivity contribution in [1.29, 1.82) is 0 Å². The minimum Gasteiger partial charge on any atom is -0.493 e. The van der Waals surface area contributed by atoms with Crippen molar-refractivity contribution < 1.29 is 23.8 Å². The fourth-order valence-corrected chi connectivity index (χ4v) is 4.33. The fraction of sp³-hybridized carbons (Fsp3) is 0.636. The second-order valence-corrected chi connectivity index (χ2v) is 7.78. The van der Waals surface area contributed by atoms with E-state index in [9.17, 15) is 9.59 Å². The Labute approximate surface area is 172 Å². The maximum atomic E-state index is 13.0. The van der Waals surface area contributed by atoms with Gasteiger partial charge >= 0.3 is 0 Å². The molecule has 1 heterocycles. The Morgan fingerprint density at radius 2 is 1.45 bits per heavy atom. The van der Waals surface area contributed by atoms with Crippen molar-refractivity contribution in [2.24, 2.45) is 5.92 Å². The summed E-state index contributed by atoms with van der Waals surface area (Å²) in [5.41, 5.74) is 0.487. The van der Waals surface area contributed by atoms with Crippen LogP contribution >= 0.6 is 0 Å². The summed E-state index contributed by atoms with van der Waals surface area (Å²) < 4.78 is 16.0. The molecule has 1 aliphatic carbocycles. The van der Waals surface area contributed by atoms with Crippen LogP contribution in [0.15, 0.2) is 12.1 Å². The van der Waals surface area contributed by atoms with Gasteiger partial charge in [-0.05, 0) is 24.5 Å². The first-order chi connectivity index (χ1) is 14.1. The molecule has 2 aliphatic rings. The predicted molar refractivity (Wildman–Crippen MR) is 110 cm³/mol. The summed E-state index contributed by atoms with van der Waals surface area (Å²) >= 11 is 0. The zero-order valence-corrected chi connectivity index (χ0v) is 17.7. The number of carbonyl (C=O) groups is 2. The van der Waals surface area contributed by atoms with E-state index in [0.717, 1.165) is 12.3 Å². The highest BCUT2D eigenvalue weighted by atomic mass is 16.5. The molecule has 1 aromatic carbocycles. The molecule has 0 unspecified atom stereocenters. The molecule has 0 N–H and O–H groups in total. The molecular formula is C22H32N2O5. The molecule has 160 valence electrons. The third-order valence-electron chi connectivity index (χ3n) is 6.07. The third kappa shape index (κ3) is 4.95. The molecule has 1 aromatic rings. The van der Waals surface area contributed by atoms with Gasteiger partial charge in [0.25, 0.3) is 5.91 Å². The van der Waals surface area contributed by atoms with Crippen LogP contribution in [0.1, 0.15) is 48.9 Å². The van der Waals surface area contributed by atoms with Gasteiger partial charge < -0.3 is 24.0 Å². The first kappa shape index (κ1) is 21.3. The predicted octanol–water partition coefficient (Wildman–Crippen LogP) is 2.97. The average Bonchev–Trinajstić information content (AvgIpc) is 3.29. The van der Waals surface area contributed by atoms with Gasteiger partial charge in [0.2, 0.25) is 11.7 Å². The summed E-state index contributed by atoms with van der Waals surface area (Å²) in [5.74, 6) is 2.22. The molecule has 3 rings (SSSR count). The van der Waals surface area contributed by atoms with Gasteiger partial charge in [-0.15, -0.1) is 0 Å². The molecule has 0 atom stereocenters. The van der Waals surface area contributed by atoms with E-state index in [-0.39, 0.29) is 11.8 Å². The second kappa shape index (κ2) is 9.85. The maximum absolute atomic E-state index is 13.0. The van der Waals surface area contributed by atoms with Gasteiger partial charge in [0.15, 0.2) is 11.5 Å². The van der Waals surface area contributed by atoms with Crippen LogP contribution in [0.25, 0.3) is 0 Å². The lowest BCUT2D eigenvalue weighted by Gasteiger charge is -2.35. The second-order valence-electron chi connectivity index (χ2n) is 7.78. The molecule has 7 heteroatoms. The lowest BCUT2D eigenvalue weighted by Crippen LogP contribution is -2.50. The molecule has 2 fully saturated rings. The summed E-state index contributed by atoms with van der Waals surface area (Å²) in [4.78, 5) is 29.2. The Balaban J connectivity index is 1.57. The zero-order valence-electron chi connectivity index (χ0n) is 17.7. The summed E-state index contributed by atoms with van der Waals surface area (Å²) in [6.45, 7) is 2.23. The van der Waals surface area contributed by atoms with Crippen LogP contribution in [0.2, 0.25) is 0 Å². The van der Waals surface area contributed by atoms with E-state index in [0.29, 0.717) is 55.4 Å². The smallest absolute Gasteiger partial charge is 0.254 e. The first-order valence-electron chi connectivity index (χ1n) is 10.4. The lowest BCUT2D eigenvalue weighted by atomic mass is 10.0. The summed E-state index contributed by atoms with van der Waals surface area (Å²) in [5, 5.41) is 0. The standard InChI is InChI=1S/C22H32N2O5/c1-27-18-14-17(15-19(28-2)21(18)29-3)22(26)24-12-10-23(11-13-24)20(25)9-8-16-6-4-5-7-16/h14-16H,4-13H2,1-3H3. The van der Waals surface area contributed by atoms with Crippen molar-refractivity contribution in [3.05, 3.63) is 17.7 Å². The number of hydrogen-bond donors (Lipinski definition) is 0. The molecule has 1 saturated heterocycles. The minimum atomic E-state index is -0.0951. The minimum absolute atomic E-state index is 0.0951. The number of amides is 2. The SMILES string of the molecule is COc1cc(C(=O)N2CCN(C(=O)CCC3CCCC3)CC2)cc(OC)c1OC. The topological polar surface area (TPSA) is 68.3 Å². The molecule has 0 bridgehead atoms. The van der Waals surface area contributed by atoms with E-state index < -0.39 is 0 Å². The summed E-state index contributed by atoms with van der Waals surface area (Å²) in [6.07, 6.45) is 6.78. The Morgan fingerprint density at radius 3 is 1.97 bits per heavy atom. The van der Waals surface area contributed by atoms with E-state index in [1.165, 1.54) is 47.0 Å². The van der Waals surface area contributed by atoms with Gasteiger partial charge in [-0.25, -0.2) is 0 Å². The van der Waals surface area contributed by atoms with Crippen molar-refractivity contribution in [1.82, 2.24) is 9.80 Å². The Morgan fingerprint density at radius 1 is 0.897 bits per heavy atom. The Kier molecular flexibility index (Phi) is 7.23. The largest absolute Gasteiger partial charge is 0.493 e. The van der Waals surface area contributed by atoms with Gasteiger partial charge in [-0.2, -0.15) is 0 Å². The number of piperazine rings is 1. The van der Waals surface area contributed by atoms with E-state index in [4.69, 9.17) is 14.2 Å². The van der Waals surface area contributed by atoms with Crippen molar-refractivity contribution >= 4 is 11.8 Å². The Hall–Kier alpha value is -2.44. The fourth-order valence-electron chi connectivity index (χ4n) is 4.33. The molecule has 29 heavy (non-hydrogen) atoms. The molecule has 0 aromatic heterocycles. The Bertz CT molecular complexity index is 697. The van der Waals surface area contributed by atoms with Crippen LogP contribution in [0.5, 0.6) is 17.2 Å². The number of methoxy groups -OCH3 is 3. The monoisotopic (exact) mass is 404 g/mol. The quantitative estimate of drug-likeness (QED) is 0.699. The van der Waals surface area contributed by atoms with Gasteiger partial charge in [0.1, 0.15) is 0 Å². The molecule has 1 saturated carbocycles. The number of hydrogen-bond acceptors (Lipinski definition) is 5. The number of benzene rings is 1. The van der Waals surface area contributed by atoms with Crippen LogP contribution in [0, 0.1) is 5.92 Å². The van der Waals surface area contributed by atoms with E-state index in [1.807, 2.05) is 4.90 Å². The lowest BCUT2D eigenvalue weighted by molar-refractivity contribution is -0.133. The normalized spacial score (nSPS) is 17.3. The van der Waals surface area contributed by atoms with Gasteiger partial charge in [-0.3, -0.25) is 9.59 Å². The van der Waals surface area contributed by atoms with E-state index in [2.05, 4.69) is 0 Å². The van der Waals surface area contributed by atoms with Gasteiger partial charge in [-0.1, -0.05) is 25.7 Å². The molecule has 1 aliphatic heterocycles. The summed E-state index contributed by atoms with van der Waals surface area (Å²) in [7, 11) is 4.59. The number of nitrogens with zero attached hydrogens (tertiary/aromatic N) is 2. The molecule has 2 amide bonds. The van der Waals surface area contributed by atoms with Gasteiger partial charge in [0.05, 0.1) is 21.3 Å². The van der Waals surface area contributed by atoms with E-state index >= 15 is 0 Å². The van der Waals surface area contributed by atoms with Gasteiger partial charge in [0, 0.05) is 38.2 Å². The number of carbonyl (C=O) groups excluding carboxylic acids is 2. The van der Waals surface area contributed by atoms with Crippen LogP contribution in [0.4, 0.5) is 0 Å².